The van der Waals surface area contributed by atoms with E-state index in [9.17, 15) is 19.4 Å². The molecule has 1 fully saturated rings. The fourth-order valence-electron chi connectivity index (χ4n) is 5.38. The number of hydrogen-bond donors (Lipinski definition) is 2. The molecule has 2 atom stereocenters. The Morgan fingerprint density at radius 2 is 1.78 bits per heavy atom. The lowest BCUT2D eigenvalue weighted by Gasteiger charge is -2.41. The van der Waals surface area contributed by atoms with E-state index in [4.69, 9.17) is 16.4 Å². The second-order valence-electron chi connectivity index (χ2n) is 10.7. The lowest BCUT2D eigenvalue weighted by atomic mass is 9.77. The number of halogens is 3. The van der Waals surface area contributed by atoms with Crippen LogP contribution in [0.3, 0.4) is 0 Å². The molecule has 11 heteroatoms. The lowest BCUT2D eigenvalue weighted by molar-refractivity contribution is -0.226. The Morgan fingerprint density at radius 3 is 2.41 bits per heavy atom. The Morgan fingerprint density at radius 1 is 1.05 bits per heavy atom. The van der Waals surface area contributed by atoms with Crippen LogP contribution in [0.5, 0.6) is 0 Å². The maximum Gasteiger partial charge on any atom is 0.278 e. The van der Waals surface area contributed by atoms with Crippen molar-refractivity contribution < 1.29 is 28.6 Å². The van der Waals surface area contributed by atoms with Crippen molar-refractivity contribution in [3.63, 3.8) is 0 Å². The number of aromatic nitrogens is 3. The van der Waals surface area contributed by atoms with Crippen LogP contribution in [0.1, 0.15) is 40.2 Å². The number of nitrogens with zero attached hydrogens (tertiary/aromatic N) is 4. The first-order chi connectivity index (χ1) is 19.6. The van der Waals surface area contributed by atoms with Gasteiger partial charge in [0, 0.05) is 47.9 Å². The number of pyridine rings is 1. The maximum atomic E-state index is 16.8. The third-order valence-corrected chi connectivity index (χ3v) is 8.01. The summed E-state index contributed by atoms with van der Waals surface area (Å²) in [5.41, 5.74) is -1.53. The van der Waals surface area contributed by atoms with E-state index in [1.165, 1.54) is 24.3 Å². The van der Waals surface area contributed by atoms with Crippen molar-refractivity contribution in [2.45, 2.75) is 42.9 Å². The number of benzene rings is 2. The molecule has 212 valence electrons. The van der Waals surface area contributed by atoms with Crippen LogP contribution in [0.25, 0.3) is 11.1 Å². The minimum atomic E-state index is -1.84. The van der Waals surface area contributed by atoms with E-state index in [1.807, 2.05) is 0 Å². The van der Waals surface area contributed by atoms with Crippen LogP contribution in [0.2, 0.25) is 5.02 Å². The molecule has 8 nitrogen and oxygen atoms in total. The largest absolute Gasteiger partial charge is 0.390 e. The highest BCUT2D eigenvalue weighted by Gasteiger charge is 2.58. The van der Waals surface area contributed by atoms with E-state index in [-0.39, 0.29) is 36.1 Å². The van der Waals surface area contributed by atoms with E-state index in [1.54, 1.807) is 48.3 Å². The summed E-state index contributed by atoms with van der Waals surface area (Å²) in [6, 6.07) is 13.9. The van der Waals surface area contributed by atoms with E-state index < -0.39 is 34.8 Å². The fourth-order valence-corrected chi connectivity index (χ4v) is 5.50. The van der Waals surface area contributed by atoms with Crippen LogP contribution in [0.15, 0.2) is 67.0 Å². The topological polar surface area (TPSA) is 101 Å². The van der Waals surface area contributed by atoms with Gasteiger partial charge >= 0.3 is 0 Å². The van der Waals surface area contributed by atoms with E-state index in [0.29, 0.717) is 34.8 Å². The molecule has 2 aromatic heterocycles. The number of carbonyl (C=O) groups excluding carboxylic acids is 1. The maximum absolute atomic E-state index is 16.8. The van der Waals surface area contributed by atoms with E-state index in [0.717, 1.165) is 11.3 Å². The molecule has 1 amide bonds. The summed E-state index contributed by atoms with van der Waals surface area (Å²) in [7, 11) is 1.73. The van der Waals surface area contributed by atoms with Gasteiger partial charge in [-0.05, 0) is 54.8 Å². The molecule has 0 spiro atoms. The Balaban J connectivity index is 1.55. The Bertz CT molecular complexity index is 1610. The van der Waals surface area contributed by atoms with Gasteiger partial charge in [-0.2, -0.15) is 5.10 Å². The monoisotopic (exact) mass is 580 g/mol. The molecular formula is C30H27ClF2N4O4. The molecule has 0 saturated heterocycles. The third-order valence-electron chi connectivity index (χ3n) is 7.76. The smallest absolute Gasteiger partial charge is 0.278 e. The van der Waals surface area contributed by atoms with Crippen LogP contribution in [-0.2, 0) is 30.3 Å². The van der Waals surface area contributed by atoms with Crippen molar-refractivity contribution in [3.05, 3.63) is 106 Å². The number of carbonyl (C=O) groups is 1. The molecule has 2 N–H and O–H groups in total. The number of fused-ring (bicyclic) bond motifs is 1. The van der Waals surface area contributed by atoms with Gasteiger partial charge in [-0.3, -0.25) is 19.3 Å². The van der Waals surface area contributed by atoms with Crippen LogP contribution in [0.4, 0.5) is 8.78 Å². The molecule has 41 heavy (non-hydrogen) atoms. The lowest BCUT2D eigenvalue weighted by Crippen LogP contribution is -2.55. The van der Waals surface area contributed by atoms with E-state index >= 15 is 4.39 Å². The van der Waals surface area contributed by atoms with Crippen molar-refractivity contribution >= 4 is 17.5 Å². The third kappa shape index (κ3) is 5.01. The van der Waals surface area contributed by atoms with Gasteiger partial charge in [0.05, 0.1) is 29.2 Å². The average Bonchev–Trinajstić information content (AvgIpc) is 3.46. The van der Waals surface area contributed by atoms with Gasteiger partial charge in [-0.25, -0.2) is 13.8 Å². The van der Waals surface area contributed by atoms with Gasteiger partial charge in [0.2, 0.25) is 0 Å². The number of aliphatic hydroxyl groups is 2. The molecular weight excluding hydrogens is 554 g/mol. The number of hydrogen-bond acceptors (Lipinski definition) is 6. The van der Waals surface area contributed by atoms with Gasteiger partial charge in [0.15, 0.2) is 0 Å². The minimum Gasteiger partial charge on any atom is -0.390 e. The average molecular weight is 581 g/mol. The SMILES string of the molecule is Cn1ccc(CC(O)[C@@]2(Cc3ccc(F)cn3)c3c(ccc(-c4ccc(Cl)cc4)c3F)C(=O)N2OCC2(O)CC2)n1. The molecule has 1 unspecified atom stereocenters. The first-order valence-corrected chi connectivity index (χ1v) is 13.5. The number of aryl methyl sites for hydroxylation is 1. The zero-order chi connectivity index (χ0) is 28.9. The van der Waals surface area contributed by atoms with Crippen molar-refractivity contribution in [3.8, 4) is 11.1 Å². The van der Waals surface area contributed by atoms with Crippen molar-refractivity contribution in [2.24, 2.45) is 7.05 Å². The Kier molecular flexibility index (Phi) is 6.89. The Hall–Kier alpha value is -3.70. The molecule has 1 saturated carbocycles. The number of amides is 1. The normalized spacial score (nSPS) is 19.9. The number of rotatable bonds is 9. The molecule has 3 heterocycles. The van der Waals surface area contributed by atoms with Crippen LogP contribution >= 0.6 is 11.6 Å². The van der Waals surface area contributed by atoms with Crippen molar-refractivity contribution in [1.29, 1.82) is 0 Å². The van der Waals surface area contributed by atoms with Gasteiger partial charge in [-0.1, -0.05) is 29.8 Å². The predicted molar refractivity (Wildman–Crippen MR) is 146 cm³/mol. The standard InChI is InChI=1S/C30H27ClF2N4O4/c1-36-13-10-21(35-36)14-25(38)30(15-22-7-6-20(32)16-34-22)26-24(28(39)37(30)41-17-29(40)11-12-29)9-8-23(27(26)33)18-2-4-19(31)5-3-18/h2-10,13,16,25,38,40H,11-12,14-15,17H2,1H3/t25?,30-/m0/s1. The number of aliphatic hydroxyl groups excluding tert-OH is 1. The highest BCUT2D eigenvalue weighted by molar-refractivity contribution is 6.30. The first-order valence-electron chi connectivity index (χ1n) is 13.2. The molecule has 1 aliphatic carbocycles. The summed E-state index contributed by atoms with van der Waals surface area (Å²) >= 11 is 6.06. The molecule has 0 bridgehead atoms. The predicted octanol–water partition coefficient (Wildman–Crippen LogP) is 4.37. The van der Waals surface area contributed by atoms with E-state index in [2.05, 4.69) is 10.1 Å². The fraction of sp³-hybridized carbons (Fsp3) is 0.300. The molecule has 1 aliphatic heterocycles. The summed E-state index contributed by atoms with van der Waals surface area (Å²) in [6.07, 6.45) is 1.98. The summed E-state index contributed by atoms with van der Waals surface area (Å²) in [5.74, 6) is -1.97. The van der Waals surface area contributed by atoms with Gasteiger partial charge in [0.25, 0.3) is 5.91 Å². The summed E-state index contributed by atoms with van der Waals surface area (Å²) < 4.78 is 32.2. The summed E-state index contributed by atoms with van der Waals surface area (Å²) in [4.78, 5) is 24.1. The molecule has 6 rings (SSSR count). The second-order valence-corrected chi connectivity index (χ2v) is 11.2. The van der Waals surface area contributed by atoms with Gasteiger partial charge in [-0.15, -0.1) is 0 Å². The molecule has 2 aromatic carbocycles. The van der Waals surface area contributed by atoms with Crippen LogP contribution in [-0.4, -0.2) is 54.3 Å². The van der Waals surface area contributed by atoms with Crippen LogP contribution < -0.4 is 0 Å². The quantitative estimate of drug-likeness (QED) is 0.305. The highest BCUT2D eigenvalue weighted by atomic mass is 35.5. The summed E-state index contributed by atoms with van der Waals surface area (Å²) in [5, 5.41) is 28.4. The van der Waals surface area contributed by atoms with Crippen LogP contribution in [0, 0.1) is 11.6 Å². The Labute approximate surface area is 239 Å². The van der Waals surface area contributed by atoms with Gasteiger partial charge in [0.1, 0.15) is 23.8 Å². The number of hydroxylamine groups is 2. The zero-order valence-corrected chi connectivity index (χ0v) is 22.9. The van der Waals surface area contributed by atoms with Crippen molar-refractivity contribution in [1.82, 2.24) is 19.8 Å². The highest BCUT2D eigenvalue weighted by Crippen LogP contribution is 2.49. The molecule has 0 radical (unpaired) electrons. The second kappa shape index (κ2) is 10.3. The summed E-state index contributed by atoms with van der Waals surface area (Å²) in [6.45, 7) is -0.229. The van der Waals surface area contributed by atoms with Gasteiger partial charge < -0.3 is 10.2 Å². The molecule has 2 aliphatic rings. The minimum absolute atomic E-state index is 0.00480. The zero-order valence-electron chi connectivity index (χ0n) is 22.1. The molecule has 4 aromatic rings. The van der Waals surface area contributed by atoms with Crippen molar-refractivity contribution in [2.75, 3.05) is 6.61 Å². The first kappa shape index (κ1) is 27.5.